The Bertz CT molecular complexity index is 1400. The highest BCUT2D eigenvalue weighted by Crippen LogP contribution is 2.27. The van der Waals surface area contributed by atoms with Crippen molar-refractivity contribution in [1.82, 2.24) is 15.0 Å². The van der Waals surface area contributed by atoms with Gasteiger partial charge in [-0.05, 0) is 55.8 Å². The first kappa shape index (κ1) is 24.0. The number of carbonyl (C=O) groups is 1. The standard InChI is InChI=1S/C25H23N3O6S/c1-3-32-25(29)23-24(27-28(26-23)17-19-7-5-4-6-8-19)33-20-11-13-21(14-12-20)34-35(30,31)22-15-9-18(2)10-16-22/h4-16H,3,17H2,1-2H3. The molecule has 0 fully saturated rings. The Morgan fingerprint density at radius 2 is 1.54 bits per heavy atom. The van der Waals surface area contributed by atoms with Gasteiger partial charge >= 0.3 is 16.1 Å². The summed E-state index contributed by atoms with van der Waals surface area (Å²) in [5.41, 5.74) is 1.82. The summed E-state index contributed by atoms with van der Waals surface area (Å²) in [6.45, 7) is 4.06. The Kier molecular flexibility index (Phi) is 7.11. The van der Waals surface area contributed by atoms with E-state index in [4.69, 9.17) is 13.7 Å². The molecule has 0 aliphatic heterocycles. The Hall–Kier alpha value is -4.18. The zero-order chi connectivity index (χ0) is 24.8. The Morgan fingerprint density at radius 1 is 0.886 bits per heavy atom. The van der Waals surface area contributed by atoms with Gasteiger partial charge < -0.3 is 13.7 Å². The lowest BCUT2D eigenvalue weighted by atomic mass is 10.2. The highest BCUT2D eigenvalue weighted by Gasteiger charge is 2.23. The van der Waals surface area contributed by atoms with Crippen LogP contribution in [-0.2, 0) is 21.4 Å². The summed E-state index contributed by atoms with van der Waals surface area (Å²) < 4.78 is 41.1. The highest BCUT2D eigenvalue weighted by atomic mass is 32.2. The van der Waals surface area contributed by atoms with E-state index in [1.807, 2.05) is 37.3 Å². The molecule has 35 heavy (non-hydrogen) atoms. The van der Waals surface area contributed by atoms with E-state index in [9.17, 15) is 13.2 Å². The van der Waals surface area contributed by atoms with Crippen LogP contribution in [0.25, 0.3) is 0 Å². The molecule has 1 aromatic heterocycles. The minimum absolute atomic E-state index is 0.0275. The van der Waals surface area contributed by atoms with Gasteiger partial charge in [0.1, 0.15) is 16.4 Å². The monoisotopic (exact) mass is 493 g/mol. The van der Waals surface area contributed by atoms with Crippen LogP contribution in [0.15, 0.2) is 83.8 Å². The summed E-state index contributed by atoms with van der Waals surface area (Å²) in [5.74, 6) is -0.273. The molecule has 180 valence electrons. The van der Waals surface area contributed by atoms with E-state index < -0.39 is 16.1 Å². The van der Waals surface area contributed by atoms with E-state index in [0.29, 0.717) is 12.3 Å². The average molecular weight is 494 g/mol. The van der Waals surface area contributed by atoms with E-state index in [1.54, 1.807) is 19.1 Å². The first-order valence-corrected chi connectivity index (χ1v) is 12.2. The Labute approximate surface area is 203 Å². The van der Waals surface area contributed by atoms with Crippen LogP contribution in [-0.4, -0.2) is 36.0 Å². The second-order valence-electron chi connectivity index (χ2n) is 7.51. The topological polar surface area (TPSA) is 110 Å². The van der Waals surface area contributed by atoms with E-state index in [0.717, 1.165) is 11.1 Å². The first-order chi connectivity index (χ1) is 16.8. The minimum atomic E-state index is -3.98. The third kappa shape index (κ3) is 6.04. The molecule has 0 bridgehead atoms. The summed E-state index contributed by atoms with van der Waals surface area (Å²) >= 11 is 0. The number of nitrogens with zero attached hydrogens (tertiary/aromatic N) is 3. The van der Waals surface area contributed by atoms with E-state index in [-0.39, 0.29) is 28.8 Å². The van der Waals surface area contributed by atoms with Crippen LogP contribution in [0.1, 0.15) is 28.5 Å². The minimum Gasteiger partial charge on any atom is -0.461 e. The van der Waals surface area contributed by atoms with Crippen molar-refractivity contribution in [2.45, 2.75) is 25.3 Å². The average Bonchev–Trinajstić information content (AvgIpc) is 3.23. The molecule has 0 aliphatic carbocycles. The number of esters is 1. The quantitative estimate of drug-likeness (QED) is 0.250. The fourth-order valence-corrected chi connectivity index (χ4v) is 4.03. The lowest BCUT2D eigenvalue weighted by molar-refractivity contribution is 0.0515. The van der Waals surface area contributed by atoms with Crippen molar-refractivity contribution < 1.29 is 26.9 Å². The van der Waals surface area contributed by atoms with Crippen LogP contribution in [0, 0.1) is 6.92 Å². The zero-order valence-electron chi connectivity index (χ0n) is 19.1. The van der Waals surface area contributed by atoms with Gasteiger partial charge in [-0.2, -0.15) is 13.2 Å². The third-order valence-corrected chi connectivity index (χ3v) is 6.08. The number of hydrogen-bond donors (Lipinski definition) is 0. The molecule has 0 atom stereocenters. The van der Waals surface area contributed by atoms with Gasteiger partial charge in [-0.25, -0.2) is 4.79 Å². The van der Waals surface area contributed by atoms with Gasteiger partial charge in [0.25, 0.3) is 5.88 Å². The summed E-state index contributed by atoms with van der Waals surface area (Å²) in [7, 11) is -3.98. The number of carbonyl (C=O) groups excluding carboxylic acids is 1. The molecule has 4 rings (SSSR count). The molecule has 0 unspecified atom stereocenters. The molecule has 0 aliphatic rings. The van der Waals surface area contributed by atoms with Gasteiger partial charge in [0.05, 0.1) is 13.2 Å². The van der Waals surface area contributed by atoms with E-state index in [2.05, 4.69) is 10.2 Å². The molecular formula is C25H23N3O6S. The Morgan fingerprint density at radius 3 is 2.20 bits per heavy atom. The van der Waals surface area contributed by atoms with Gasteiger partial charge in [0.15, 0.2) is 0 Å². The number of aromatic nitrogens is 3. The first-order valence-electron chi connectivity index (χ1n) is 10.8. The number of ether oxygens (including phenoxy) is 2. The van der Waals surface area contributed by atoms with Crippen molar-refractivity contribution in [1.29, 1.82) is 0 Å². The van der Waals surface area contributed by atoms with E-state index >= 15 is 0 Å². The SMILES string of the molecule is CCOC(=O)c1nn(Cc2ccccc2)nc1Oc1ccc(OS(=O)(=O)c2ccc(C)cc2)cc1. The zero-order valence-corrected chi connectivity index (χ0v) is 19.9. The predicted molar refractivity (Wildman–Crippen MR) is 127 cm³/mol. The number of rotatable bonds is 9. The molecule has 0 amide bonds. The maximum atomic E-state index is 12.5. The van der Waals surface area contributed by atoms with Gasteiger partial charge in [0.2, 0.25) is 5.69 Å². The second kappa shape index (κ2) is 10.4. The van der Waals surface area contributed by atoms with Crippen molar-refractivity contribution in [3.8, 4) is 17.4 Å². The normalized spacial score (nSPS) is 11.1. The maximum Gasteiger partial charge on any atom is 0.364 e. The molecular weight excluding hydrogens is 470 g/mol. The smallest absolute Gasteiger partial charge is 0.364 e. The Balaban J connectivity index is 1.52. The molecule has 0 radical (unpaired) electrons. The molecule has 0 N–H and O–H groups in total. The van der Waals surface area contributed by atoms with Crippen LogP contribution < -0.4 is 8.92 Å². The van der Waals surface area contributed by atoms with Crippen molar-refractivity contribution in [3.05, 3.63) is 95.7 Å². The van der Waals surface area contributed by atoms with E-state index in [1.165, 1.54) is 41.2 Å². The summed E-state index contributed by atoms with van der Waals surface area (Å²) in [4.78, 5) is 13.8. The number of benzene rings is 3. The van der Waals surface area contributed by atoms with Gasteiger partial charge in [-0.1, -0.05) is 48.0 Å². The molecule has 0 saturated carbocycles. The summed E-state index contributed by atoms with van der Waals surface area (Å²) in [6, 6.07) is 21.8. The van der Waals surface area contributed by atoms with Gasteiger partial charge in [-0.15, -0.1) is 10.2 Å². The summed E-state index contributed by atoms with van der Waals surface area (Å²) in [5, 5.41) is 8.52. The molecule has 0 spiro atoms. The molecule has 9 nitrogen and oxygen atoms in total. The fraction of sp³-hybridized carbons (Fsp3) is 0.160. The molecule has 1 heterocycles. The molecule has 4 aromatic rings. The number of aryl methyl sites for hydroxylation is 1. The van der Waals surface area contributed by atoms with Gasteiger partial charge in [-0.3, -0.25) is 0 Å². The van der Waals surface area contributed by atoms with Crippen LogP contribution in [0.3, 0.4) is 0 Å². The third-order valence-electron chi connectivity index (χ3n) is 4.81. The summed E-state index contributed by atoms with van der Waals surface area (Å²) in [6.07, 6.45) is 0. The second-order valence-corrected chi connectivity index (χ2v) is 9.06. The maximum absolute atomic E-state index is 12.5. The lowest BCUT2D eigenvalue weighted by Gasteiger charge is -2.08. The predicted octanol–water partition coefficient (Wildman–Crippen LogP) is 4.37. The van der Waals surface area contributed by atoms with Crippen LogP contribution in [0.4, 0.5) is 0 Å². The van der Waals surface area contributed by atoms with Crippen molar-refractivity contribution in [2.24, 2.45) is 0 Å². The van der Waals surface area contributed by atoms with Gasteiger partial charge in [0, 0.05) is 0 Å². The lowest BCUT2D eigenvalue weighted by Crippen LogP contribution is -2.09. The highest BCUT2D eigenvalue weighted by molar-refractivity contribution is 7.87. The largest absolute Gasteiger partial charge is 0.461 e. The van der Waals surface area contributed by atoms with Crippen LogP contribution >= 0.6 is 0 Å². The van der Waals surface area contributed by atoms with Crippen molar-refractivity contribution in [2.75, 3.05) is 6.61 Å². The van der Waals surface area contributed by atoms with Crippen molar-refractivity contribution >= 4 is 16.1 Å². The van der Waals surface area contributed by atoms with Crippen LogP contribution in [0.2, 0.25) is 0 Å². The molecule has 0 saturated heterocycles. The fourth-order valence-electron chi connectivity index (χ4n) is 3.10. The van der Waals surface area contributed by atoms with Crippen molar-refractivity contribution in [3.63, 3.8) is 0 Å². The number of hydrogen-bond acceptors (Lipinski definition) is 8. The molecule has 3 aromatic carbocycles. The molecule has 10 heteroatoms. The van der Waals surface area contributed by atoms with Crippen LogP contribution in [0.5, 0.6) is 17.4 Å².